The first-order valence-corrected chi connectivity index (χ1v) is 9.43. The van der Waals surface area contributed by atoms with E-state index in [2.05, 4.69) is 6.07 Å². The van der Waals surface area contributed by atoms with Crippen LogP contribution in [0.4, 0.5) is 0 Å². The molecule has 0 spiro atoms. The van der Waals surface area contributed by atoms with Crippen molar-refractivity contribution in [1.29, 1.82) is 5.26 Å². The molecule has 0 aliphatic carbocycles. The number of carbonyl (C=O) groups excluding carboxylic acids is 1. The van der Waals surface area contributed by atoms with Gasteiger partial charge in [-0.25, -0.2) is 0 Å². The summed E-state index contributed by atoms with van der Waals surface area (Å²) in [6.07, 6.45) is 1.59. The predicted molar refractivity (Wildman–Crippen MR) is 115 cm³/mol. The van der Waals surface area contributed by atoms with Gasteiger partial charge in [-0.15, -0.1) is 0 Å². The Morgan fingerprint density at radius 2 is 1.73 bits per heavy atom. The van der Waals surface area contributed by atoms with Crippen molar-refractivity contribution in [2.45, 2.75) is 6.61 Å². The van der Waals surface area contributed by atoms with Crippen LogP contribution in [-0.2, 0) is 6.61 Å². The van der Waals surface area contributed by atoms with Crippen molar-refractivity contribution in [1.82, 2.24) is 4.90 Å². The molecule has 5 nitrogen and oxygen atoms in total. The van der Waals surface area contributed by atoms with Gasteiger partial charge in [0.1, 0.15) is 24.2 Å². The van der Waals surface area contributed by atoms with Gasteiger partial charge in [-0.3, -0.25) is 4.79 Å². The second-order valence-electron chi connectivity index (χ2n) is 6.80. The van der Waals surface area contributed by atoms with Crippen LogP contribution in [0.15, 0.2) is 90.8 Å². The van der Waals surface area contributed by atoms with Crippen LogP contribution in [0.25, 0.3) is 0 Å². The number of ketones is 1. The average molecular weight is 398 g/mol. The Bertz CT molecular complexity index is 1080. The number of nitriles is 1. The van der Waals surface area contributed by atoms with E-state index in [-0.39, 0.29) is 11.5 Å². The minimum Gasteiger partial charge on any atom is -0.489 e. The Hall–Kier alpha value is -4.04. The Morgan fingerprint density at radius 3 is 2.47 bits per heavy atom. The molecule has 5 heteroatoms. The van der Waals surface area contributed by atoms with Gasteiger partial charge in [0.25, 0.3) is 0 Å². The summed E-state index contributed by atoms with van der Waals surface area (Å²) in [5.41, 5.74) is 1.83. The Kier molecular flexibility index (Phi) is 6.86. The lowest BCUT2D eigenvalue weighted by Crippen LogP contribution is -2.15. The summed E-state index contributed by atoms with van der Waals surface area (Å²) in [5.74, 6) is 0.730. The van der Waals surface area contributed by atoms with Crippen LogP contribution in [0.5, 0.6) is 11.5 Å². The molecule has 3 rings (SSSR count). The second-order valence-corrected chi connectivity index (χ2v) is 6.80. The zero-order chi connectivity index (χ0) is 21.3. The van der Waals surface area contributed by atoms with Gasteiger partial charge in [-0.2, -0.15) is 5.26 Å². The molecule has 0 atom stereocenters. The zero-order valence-corrected chi connectivity index (χ0v) is 16.9. The summed E-state index contributed by atoms with van der Waals surface area (Å²) in [6, 6.07) is 25.7. The fourth-order valence-electron chi connectivity index (χ4n) is 2.74. The normalized spacial score (nSPS) is 10.8. The van der Waals surface area contributed by atoms with Gasteiger partial charge >= 0.3 is 0 Å². The molecule has 0 radical (unpaired) electrons. The van der Waals surface area contributed by atoms with E-state index in [1.165, 1.54) is 0 Å². The zero-order valence-electron chi connectivity index (χ0n) is 16.9. The van der Waals surface area contributed by atoms with Gasteiger partial charge in [0.2, 0.25) is 5.78 Å². The molecular weight excluding hydrogens is 376 g/mol. The van der Waals surface area contributed by atoms with Crippen LogP contribution in [0.1, 0.15) is 21.5 Å². The van der Waals surface area contributed by atoms with Gasteiger partial charge in [-0.05, 0) is 29.8 Å². The van der Waals surface area contributed by atoms with Crippen LogP contribution in [0.3, 0.4) is 0 Å². The Balaban J connectivity index is 1.82. The van der Waals surface area contributed by atoms with Crippen molar-refractivity contribution in [3.8, 4) is 17.6 Å². The Labute approximate surface area is 176 Å². The van der Waals surface area contributed by atoms with Gasteiger partial charge in [0.15, 0.2) is 5.76 Å². The molecular formula is C25H22N2O3. The van der Waals surface area contributed by atoms with E-state index in [4.69, 9.17) is 9.47 Å². The molecule has 0 unspecified atom stereocenters. The molecule has 30 heavy (non-hydrogen) atoms. The molecule has 0 amide bonds. The first kappa shape index (κ1) is 20.7. The molecule has 0 aromatic heterocycles. The summed E-state index contributed by atoms with van der Waals surface area (Å²) in [6.45, 7) is 0.408. The second kappa shape index (κ2) is 9.94. The molecule has 0 heterocycles. The molecule has 0 aliphatic rings. The Morgan fingerprint density at radius 1 is 1.00 bits per heavy atom. The van der Waals surface area contributed by atoms with Crippen LogP contribution < -0.4 is 9.47 Å². The summed E-state index contributed by atoms with van der Waals surface area (Å²) < 4.78 is 11.7. The molecule has 3 aromatic carbocycles. The van der Waals surface area contributed by atoms with Gasteiger partial charge in [-0.1, -0.05) is 54.6 Å². The van der Waals surface area contributed by atoms with E-state index in [1.807, 2.05) is 30.3 Å². The smallest absolute Gasteiger partial charge is 0.229 e. The summed E-state index contributed by atoms with van der Waals surface area (Å²) in [5, 5.41) is 9.30. The highest BCUT2D eigenvalue weighted by Gasteiger charge is 2.18. The highest BCUT2D eigenvalue weighted by Crippen LogP contribution is 2.23. The number of hydrogen-bond donors (Lipinski definition) is 0. The lowest BCUT2D eigenvalue weighted by atomic mass is 10.1. The number of para-hydroxylation sites is 1. The highest BCUT2D eigenvalue weighted by molar-refractivity contribution is 6.07. The maximum absolute atomic E-state index is 13.2. The summed E-state index contributed by atoms with van der Waals surface area (Å²) in [7, 11) is 3.60. The molecule has 0 bridgehead atoms. The largest absolute Gasteiger partial charge is 0.489 e. The van der Waals surface area contributed by atoms with Crippen LogP contribution in [0.2, 0.25) is 0 Å². The average Bonchev–Trinajstić information content (AvgIpc) is 2.77. The van der Waals surface area contributed by atoms with Gasteiger partial charge in [0, 0.05) is 25.9 Å². The van der Waals surface area contributed by atoms with Crippen molar-refractivity contribution in [2.24, 2.45) is 0 Å². The lowest BCUT2D eigenvalue weighted by molar-refractivity contribution is 0.0982. The van der Waals surface area contributed by atoms with Crippen molar-refractivity contribution < 1.29 is 14.3 Å². The minimum absolute atomic E-state index is 0.114. The maximum atomic E-state index is 13.2. The number of hydrogen-bond acceptors (Lipinski definition) is 5. The van der Waals surface area contributed by atoms with Crippen molar-refractivity contribution in [3.63, 3.8) is 0 Å². The highest BCUT2D eigenvalue weighted by atomic mass is 16.5. The SMILES string of the molecule is CN(C)/C=C(/Oc1ccccc1C#N)C(=O)c1cccc(OCc2ccccc2)c1. The van der Waals surface area contributed by atoms with E-state index in [0.29, 0.717) is 29.2 Å². The quantitative estimate of drug-likeness (QED) is 0.310. The first-order valence-electron chi connectivity index (χ1n) is 9.43. The van der Waals surface area contributed by atoms with Crippen LogP contribution in [0, 0.1) is 11.3 Å². The molecule has 0 saturated carbocycles. The number of nitrogens with zero attached hydrogens (tertiary/aromatic N) is 2. The fourth-order valence-corrected chi connectivity index (χ4v) is 2.74. The van der Waals surface area contributed by atoms with Crippen molar-refractivity contribution >= 4 is 5.78 Å². The van der Waals surface area contributed by atoms with Crippen LogP contribution >= 0.6 is 0 Å². The number of benzene rings is 3. The van der Waals surface area contributed by atoms with Crippen molar-refractivity contribution in [2.75, 3.05) is 14.1 Å². The van der Waals surface area contributed by atoms with Gasteiger partial charge < -0.3 is 14.4 Å². The summed E-state index contributed by atoms with van der Waals surface area (Å²) in [4.78, 5) is 14.9. The monoisotopic (exact) mass is 398 g/mol. The molecule has 0 aliphatic heterocycles. The molecule has 0 N–H and O–H groups in total. The van der Waals surface area contributed by atoms with Crippen molar-refractivity contribution in [3.05, 3.63) is 108 Å². The van der Waals surface area contributed by atoms with E-state index in [9.17, 15) is 10.1 Å². The first-order chi connectivity index (χ1) is 14.6. The number of carbonyl (C=O) groups is 1. The van der Waals surface area contributed by atoms with E-state index in [0.717, 1.165) is 5.56 Å². The van der Waals surface area contributed by atoms with E-state index < -0.39 is 0 Å². The summed E-state index contributed by atoms with van der Waals surface area (Å²) >= 11 is 0. The van der Waals surface area contributed by atoms with E-state index in [1.54, 1.807) is 73.7 Å². The third kappa shape index (κ3) is 5.49. The van der Waals surface area contributed by atoms with E-state index >= 15 is 0 Å². The maximum Gasteiger partial charge on any atom is 0.229 e. The van der Waals surface area contributed by atoms with Gasteiger partial charge in [0.05, 0.1) is 5.56 Å². The third-order valence-electron chi connectivity index (χ3n) is 4.17. The lowest BCUT2D eigenvalue weighted by Gasteiger charge is -2.14. The molecule has 3 aromatic rings. The topological polar surface area (TPSA) is 62.6 Å². The van der Waals surface area contributed by atoms with Crippen LogP contribution in [-0.4, -0.2) is 24.8 Å². The number of rotatable bonds is 8. The number of Topliss-reactive ketones (excluding diaryl/α,β-unsaturated/α-hetero) is 1. The standard InChI is InChI=1S/C25H22N2O3/c1-27(2)17-24(30-23-14-7-6-11-21(23)16-26)25(28)20-12-8-13-22(15-20)29-18-19-9-4-3-5-10-19/h3-15,17H,18H2,1-2H3/b24-17+. The molecule has 0 fully saturated rings. The number of ether oxygens (including phenoxy) is 2. The third-order valence-corrected chi connectivity index (χ3v) is 4.17. The fraction of sp³-hybridized carbons (Fsp3) is 0.120. The molecule has 150 valence electrons. The molecule has 0 saturated heterocycles. The minimum atomic E-state index is -0.304. The number of allylic oxidation sites excluding steroid dienone is 1. The predicted octanol–water partition coefficient (Wildman–Crippen LogP) is 4.80.